The van der Waals surface area contributed by atoms with Gasteiger partial charge in [-0.3, -0.25) is 9.59 Å². The third-order valence-corrected chi connectivity index (χ3v) is 2.15. The number of methoxy groups -OCH3 is 1. The minimum atomic E-state index is -1.00. The summed E-state index contributed by atoms with van der Waals surface area (Å²) < 4.78 is 4.97. The minimum Gasteiger partial charge on any atom is -0.495 e. The second-order valence-corrected chi connectivity index (χ2v) is 3.24. The largest absolute Gasteiger partial charge is 0.495 e. The molecule has 0 saturated heterocycles. The molecule has 5 nitrogen and oxygen atoms in total. The minimum absolute atomic E-state index is 0.0628. The van der Waals surface area contributed by atoms with Crippen LogP contribution in [0.4, 0.5) is 5.69 Å². The Morgan fingerprint density at radius 3 is 2.62 bits per heavy atom. The highest BCUT2D eigenvalue weighted by Crippen LogP contribution is 2.25. The van der Waals surface area contributed by atoms with E-state index in [-0.39, 0.29) is 24.3 Å². The van der Waals surface area contributed by atoms with Gasteiger partial charge in [0, 0.05) is 12.0 Å². The van der Waals surface area contributed by atoms with Gasteiger partial charge in [0.2, 0.25) is 0 Å². The second-order valence-electron chi connectivity index (χ2n) is 3.24. The van der Waals surface area contributed by atoms with Crippen LogP contribution in [0.15, 0.2) is 18.2 Å². The Hall–Kier alpha value is -2.04. The molecule has 0 atom stereocenters. The molecule has 0 aliphatic heterocycles. The Bertz CT molecular complexity index is 414. The first-order valence-corrected chi connectivity index (χ1v) is 4.73. The number of anilines is 1. The van der Waals surface area contributed by atoms with E-state index in [0.717, 1.165) is 0 Å². The third-order valence-electron chi connectivity index (χ3n) is 2.15. The zero-order chi connectivity index (χ0) is 12.1. The predicted octanol–water partition coefficient (Wildman–Crippen LogP) is 1.32. The van der Waals surface area contributed by atoms with Crippen LogP contribution in [0, 0.1) is 0 Å². The summed E-state index contributed by atoms with van der Waals surface area (Å²) in [5.74, 6) is -0.880. The monoisotopic (exact) mass is 223 g/mol. The number of Topliss-reactive ketones (excluding diaryl/α,β-unsaturated/α-hetero) is 1. The maximum atomic E-state index is 11.6. The van der Waals surface area contributed by atoms with Crippen molar-refractivity contribution in [2.45, 2.75) is 12.8 Å². The maximum absolute atomic E-state index is 11.6. The molecule has 0 radical (unpaired) electrons. The molecule has 0 aliphatic rings. The van der Waals surface area contributed by atoms with E-state index >= 15 is 0 Å². The number of hydrogen-bond donors (Lipinski definition) is 2. The molecule has 0 heterocycles. The van der Waals surface area contributed by atoms with Gasteiger partial charge in [-0.25, -0.2) is 0 Å². The van der Waals surface area contributed by atoms with Gasteiger partial charge in [0.1, 0.15) is 5.75 Å². The van der Waals surface area contributed by atoms with Crippen molar-refractivity contribution in [1.82, 2.24) is 0 Å². The van der Waals surface area contributed by atoms with Gasteiger partial charge in [0.25, 0.3) is 0 Å². The first-order chi connectivity index (χ1) is 7.56. The number of carbonyl (C=O) groups is 2. The molecule has 1 rings (SSSR count). The van der Waals surface area contributed by atoms with E-state index in [9.17, 15) is 9.59 Å². The molecular formula is C11H13NO4. The zero-order valence-electron chi connectivity index (χ0n) is 8.90. The molecule has 0 fully saturated rings. The number of ether oxygens (including phenoxy) is 1. The van der Waals surface area contributed by atoms with Gasteiger partial charge in [0.15, 0.2) is 5.78 Å². The molecular weight excluding hydrogens is 210 g/mol. The molecule has 0 unspecified atom stereocenters. The van der Waals surface area contributed by atoms with Gasteiger partial charge in [-0.1, -0.05) is 6.07 Å². The number of hydrogen-bond acceptors (Lipinski definition) is 4. The van der Waals surface area contributed by atoms with E-state index in [4.69, 9.17) is 15.6 Å². The summed E-state index contributed by atoms with van der Waals surface area (Å²) in [4.78, 5) is 22.0. The summed E-state index contributed by atoms with van der Waals surface area (Å²) in [5, 5.41) is 8.47. The summed E-state index contributed by atoms with van der Waals surface area (Å²) in [7, 11) is 1.46. The quantitative estimate of drug-likeness (QED) is 0.580. The molecule has 86 valence electrons. The lowest BCUT2D eigenvalue weighted by Crippen LogP contribution is -2.07. The fraction of sp³-hybridized carbons (Fsp3) is 0.273. The first kappa shape index (κ1) is 12.0. The van der Waals surface area contributed by atoms with Gasteiger partial charge in [0.05, 0.1) is 19.2 Å². The van der Waals surface area contributed by atoms with Crippen LogP contribution in [0.1, 0.15) is 23.2 Å². The van der Waals surface area contributed by atoms with E-state index in [0.29, 0.717) is 11.3 Å². The molecule has 0 spiro atoms. The number of nitrogen functional groups attached to an aromatic ring is 1. The van der Waals surface area contributed by atoms with Gasteiger partial charge in [-0.15, -0.1) is 0 Å². The lowest BCUT2D eigenvalue weighted by molar-refractivity contribution is -0.136. The lowest BCUT2D eigenvalue weighted by atomic mass is 10.0. The van der Waals surface area contributed by atoms with Crippen LogP contribution in [-0.2, 0) is 4.79 Å². The van der Waals surface area contributed by atoms with Gasteiger partial charge in [-0.2, -0.15) is 0 Å². The van der Waals surface area contributed by atoms with E-state index in [1.165, 1.54) is 7.11 Å². The van der Waals surface area contributed by atoms with Crippen LogP contribution < -0.4 is 10.5 Å². The summed E-state index contributed by atoms with van der Waals surface area (Å²) >= 11 is 0. The number of aliphatic carboxylic acids is 1. The number of rotatable bonds is 5. The van der Waals surface area contributed by atoms with E-state index in [1.54, 1.807) is 18.2 Å². The fourth-order valence-corrected chi connectivity index (χ4v) is 1.32. The first-order valence-electron chi connectivity index (χ1n) is 4.73. The van der Waals surface area contributed by atoms with Crippen molar-refractivity contribution < 1.29 is 19.4 Å². The molecule has 0 aliphatic carbocycles. The standard InChI is InChI=1S/C11H13NO4/c1-16-9-4-2-3-7(11(9)12)8(13)5-6-10(14)15/h2-4H,5-6,12H2,1H3,(H,14,15). The number of carbonyl (C=O) groups excluding carboxylic acids is 1. The predicted molar refractivity (Wildman–Crippen MR) is 58.6 cm³/mol. The van der Waals surface area contributed by atoms with Crippen LogP contribution in [0.25, 0.3) is 0 Å². The maximum Gasteiger partial charge on any atom is 0.303 e. The average Bonchev–Trinajstić information content (AvgIpc) is 2.26. The normalized spacial score (nSPS) is 9.81. The molecule has 0 bridgehead atoms. The lowest BCUT2D eigenvalue weighted by Gasteiger charge is -2.08. The highest BCUT2D eigenvalue weighted by atomic mass is 16.5. The van der Waals surface area contributed by atoms with Crippen molar-refractivity contribution in [3.63, 3.8) is 0 Å². The molecule has 5 heteroatoms. The topological polar surface area (TPSA) is 89.6 Å². The third kappa shape index (κ3) is 2.73. The van der Waals surface area contributed by atoms with Gasteiger partial charge < -0.3 is 15.6 Å². The number of nitrogens with two attached hydrogens (primary N) is 1. The highest BCUT2D eigenvalue weighted by Gasteiger charge is 2.13. The van der Waals surface area contributed by atoms with Crippen LogP contribution in [-0.4, -0.2) is 24.0 Å². The van der Waals surface area contributed by atoms with Crippen LogP contribution in [0.2, 0.25) is 0 Å². The average molecular weight is 223 g/mol. The van der Waals surface area contributed by atoms with Gasteiger partial charge in [-0.05, 0) is 12.1 Å². The Balaban J connectivity index is 2.87. The number of para-hydroxylation sites is 1. The van der Waals surface area contributed by atoms with Gasteiger partial charge >= 0.3 is 5.97 Å². The molecule has 0 saturated carbocycles. The van der Waals surface area contributed by atoms with Crippen molar-refractivity contribution in [3.8, 4) is 5.75 Å². The zero-order valence-corrected chi connectivity index (χ0v) is 8.90. The Morgan fingerprint density at radius 2 is 2.06 bits per heavy atom. The van der Waals surface area contributed by atoms with Crippen molar-refractivity contribution >= 4 is 17.4 Å². The Labute approximate surface area is 92.8 Å². The summed E-state index contributed by atoms with van der Waals surface area (Å²) in [6.07, 6.45) is -0.262. The molecule has 0 aromatic heterocycles. The molecule has 1 aromatic rings. The number of carboxylic acids is 1. The molecule has 3 N–H and O–H groups in total. The van der Waals surface area contributed by atoms with E-state index < -0.39 is 5.97 Å². The van der Waals surface area contributed by atoms with Crippen LogP contribution >= 0.6 is 0 Å². The fourth-order valence-electron chi connectivity index (χ4n) is 1.32. The number of carboxylic acid groups (broad SMARTS) is 1. The second kappa shape index (κ2) is 5.16. The number of ketones is 1. The summed E-state index contributed by atoms with van der Waals surface area (Å²) in [6, 6.07) is 4.84. The van der Waals surface area contributed by atoms with Crippen LogP contribution in [0.5, 0.6) is 5.75 Å². The SMILES string of the molecule is COc1cccc(C(=O)CCC(=O)O)c1N. The molecule has 16 heavy (non-hydrogen) atoms. The summed E-state index contributed by atoms with van der Waals surface area (Å²) in [5.41, 5.74) is 6.26. The van der Waals surface area contributed by atoms with Crippen molar-refractivity contribution in [1.29, 1.82) is 0 Å². The molecule has 0 amide bonds. The van der Waals surface area contributed by atoms with Crippen molar-refractivity contribution in [3.05, 3.63) is 23.8 Å². The summed E-state index contributed by atoms with van der Waals surface area (Å²) in [6.45, 7) is 0. The van der Waals surface area contributed by atoms with E-state index in [1.807, 2.05) is 0 Å². The molecule has 1 aromatic carbocycles. The Kier molecular flexibility index (Phi) is 3.88. The van der Waals surface area contributed by atoms with Crippen LogP contribution in [0.3, 0.4) is 0 Å². The van der Waals surface area contributed by atoms with E-state index in [2.05, 4.69) is 0 Å². The smallest absolute Gasteiger partial charge is 0.303 e. The number of benzene rings is 1. The Morgan fingerprint density at radius 1 is 1.38 bits per heavy atom. The highest BCUT2D eigenvalue weighted by molar-refractivity contribution is 6.02. The van der Waals surface area contributed by atoms with Crippen molar-refractivity contribution in [2.75, 3.05) is 12.8 Å². The van der Waals surface area contributed by atoms with Crippen molar-refractivity contribution in [2.24, 2.45) is 0 Å².